The molecule has 0 saturated heterocycles. The number of benzene rings is 2. The summed E-state index contributed by atoms with van der Waals surface area (Å²) in [5.74, 6) is -0.322. The Morgan fingerprint density at radius 1 is 1.08 bits per heavy atom. The van der Waals surface area contributed by atoms with Crippen molar-refractivity contribution >= 4 is 23.4 Å². The molecule has 0 unspecified atom stereocenters. The minimum Gasteiger partial charge on any atom is -0.356 e. The molecule has 2 rings (SSSR count). The Morgan fingerprint density at radius 3 is 2.38 bits per heavy atom. The standard InChI is InChI=1S/C20H21N3O/c1-2-3-13-22-20(24)17(15-21)14-16-9-11-19(12-10-16)23-18-7-5-4-6-8-18/h4-12,14,23H,2-3,13H2,1H3,(H,22,24)/b17-14+. The van der Waals surface area contributed by atoms with Crippen molar-refractivity contribution in [3.05, 3.63) is 65.7 Å². The van der Waals surface area contributed by atoms with E-state index in [2.05, 4.69) is 17.6 Å². The van der Waals surface area contributed by atoms with Gasteiger partial charge in [0.25, 0.3) is 5.91 Å². The fourth-order valence-corrected chi connectivity index (χ4v) is 2.14. The summed E-state index contributed by atoms with van der Waals surface area (Å²) in [6.45, 7) is 2.65. The van der Waals surface area contributed by atoms with Gasteiger partial charge < -0.3 is 10.6 Å². The lowest BCUT2D eigenvalue weighted by Gasteiger charge is -2.06. The molecule has 24 heavy (non-hydrogen) atoms. The van der Waals surface area contributed by atoms with Gasteiger partial charge in [-0.1, -0.05) is 43.7 Å². The average Bonchev–Trinajstić information content (AvgIpc) is 2.62. The van der Waals surface area contributed by atoms with Gasteiger partial charge in [0.1, 0.15) is 11.6 Å². The third-order valence-corrected chi connectivity index (χ3v) is 3.47. The second-order valence-corrected chi connectivity index (χ2v) is 5.39. The zero-order valence-electron chi connectivity index (χ0n) is 13.8. The Hall–Kier alpha value is -3.06. The van der Waals surface area contributed by atoms with Gasteiger partial charge in [-0.25, -0.2) is 0 Å². The molecule has 1 amide bonds. The van der Waals surface area contributed by atoms with Crippen LogP contribution < -0.4 is 10.6 Å². The van der Waals surface area contributed by atoms with Gasteiger partial charge in [0.2, 0.25) is 0 Å². The van der Waals surface area contributed by atoms with Gasteiger partial charge in [0.15, 0.2) is 0 Å². The Balaban J connectivity index is 2.03. The van der Waals surface area contributed by atoms with Crippen LogP contribution in [0.25, 0.3) is 6.08 Å². The van der Waals surface area contributed by atoms with Crippen LogP contribution in [0.1, 0.15) is 25.3 Å². The van der Waals surface area contributed by atoms with Crippen LogP contribution in [0.15, 0.2) is 60.2 Å². The Morgan fingerprint density at radius 2 is 1.75 bits per heavy atom. The molecule has 4 nitrogen and oxygen atoms in total. The normalized spacial score (nSPS) is 10.8. The monoisotopic (exact) mass is 319 g/mol. The molecule has 0 aliphatic rings. The summed E-state index contributed by atoms with van der Waals surface area (Å²) >= 11 is 0. The zero-order valence-corrected chi connectivity index (χ0v) is 13.8. The molecule has 0 atom stereocenters. The third-order valence-electron chi connectivity index (χ3n) is 3.47. The first-order valence-electron chi connectivity index (χ1n) is 8.05. The Bertz CT molecular complexity index is 728. The molecule has 122 valence electrons. The van der Waals surface area contributed by atoms with E-state index in [0.29, 0.717) is 6.54 Å². The van der Waals surface area contributed by atoms with Gasteiger partial charge in [-0.05, 0) is 42.3 Å². The number of anilines is 2. The molecule has 0 bridgehead atoms. The van der Waals surface area contributed by atoms with E-state index in [1.165, 1.54) is 0 Å². The van der Waals surface area contributed by atoms with Crippen LogP contribution >= 0.6 is 0 Å². The number of amides is 1. The first-order chi connectivity index (χ1) is 11.7. The molecule has 0 aromatic heterocycles. The number of nitrogens with one attached hydrogen (secondary N) is 2. The van der Waals surface area contributed by atoms with Crippen LogP contribution in [0, 0.1) is 11.3 Å². The van der Waals surface area contributed by atoms with Gasteiger partial charge in [0, 0.05) is 17.9 Å². The maximum absolute atomic E-state index is 11.9. The van der Waals surface area contributed by atoms with Gasteiger partial charge in [0.05, 0.1) is 0 Å². The molecule has 0 spiro atoms. The Kier molecular flexibility index (Phi) is 6.60. The molecule has 0 heterocycles. The van der Waals surface area contributed by atoms with Crippen molar-refractivity contribution in [1.82, 2.24) is 5.32 Å². The lowest BCUT2D eigenvalue weighted by atomic mass is 10.1. The molecular formula is C20H21N3O. The van der Waals surface area contributed by atoms with Crippen molar-refractivity contribution in [3.63, 3.8) is 0 Å². The summed E-state index contributed by atoms with van der Waals surface area (Å²) in [6.07, 6.45) is 3.51. The van der Waals surface area contributed by atoms with E-state index in [-0.39, 0.29) is 11.5 Å². The highest BCUT2D eigenvalue weighted by Gasteiger charge is 2.07. The summed E-state index contributed by atoms with van der Waals surface area (Å²) in [7, 11) is 0. The highest BCUT2D eigenvalue weighted by atomic mass is 16.1. The SMILES string of the molecule is CCCCNC(=O)/C(C#N)=C/c1ccc(Nc2ccccc2)cc1. The smallest absolute Gasteiger partial charge is 0.261 e. The van der Waals surface area contributed by atoms with E-state index in [1.54, 1.807) is 6.08 Å². The predicted molar refractivity (Wildman–Crippen MR) is 97.7 cm³/mol. The number of hydrogen-bond donors (Lipinski definition) is 2. The van der Waals surface area contributed by atoms with Crippen LogP contribution in [0.2, 0.25) is 0 Å². The summed E-state index contributed by atoms with van der Waals surface area (Å²) < 4.78 is 0. The van der Waals surface area contributed by atoms with Gasteiger partial charge in [-0.3, -0.25) is 4.79 Å². The summed E-state index contributed by atoms with van der Waals surface area (Å²) in [5, 5.41) is 15.2. The minimum absolute atomic E-state index is 0.120. The lowest BCUT2D eigenvalue weighted by Crippen LogP contribution is -2.25. The first-order valence-corrected chi connectivity index (χ1v) is 8.05. The van der Waals surface area contributed by atoms with Crippen LogP contribution in [-0.4, -0.2) is 12.5 Å². The van der Waals surface area contributed by atoms with Gasteiger partial charge in [-0.15, -0.1) is 0 Å². The van der Waals surface area contributed by atoms with Crippen molar-refractivity contribution in [1.29, 1.82) is 5.26 Å². The maximum Gasteiger partial charge on any atom is 0.261 e. The summed E-state index contributed by atoms with van der Waals surface area (Å²) in [6, 6.07) is 19.4. The molecule has 0 saturated carbocycles. The topological polar surface area (TPSA) is 64.9 Å². The zero-order chi connectivity index (χ0) is 17.2. The number of hydrogen-bond acceptors (Lipinski definition) is 3. The van der Waals surface area contributed by atoms with E-state index in [0.717, 1.165) is 29.8 Å². The van der Waals surface area contributed by atoms with Crippen molar-refractivity contribution in [3.8, 4) is 6.07 Å². The predicted octanol–water partition coefficient (Wildman–Crippen LogP) is 4.25. The number of nitrogens with zero attached hydrogens (tertiary/aromatic N) is 1. The molecule has 2 N–H and O–H groups in total. The van der Waals surface area contributed by atoms with Gasteiger partial charge in [-0.2, -0.15) is 5.26 Å². The first kappa shape index (κ1) is 17.3. The van der Waals surface area contributed by atoms with Crippen molar-refractivity contribution in [2.24, 2.45) is 0 Å². The average molecular weight is 319 g/mol. The van der Waals surface area contributed by atoms with Crippen molar-refractivity contribution < 1.29 is 4.79 Å². The fourth-order valence-electron chi connectivity index (χ4n) is 2.14. The van der Waals surface area contributed by atoms with E-state index in [4.69, 9.17) is 0 Å². The maximum atomic E-state index is 11.9. The van der Waals surface area contributed by atoms with E-state index < -0.39 is 0 Å². The van der Waals surface area contributed by atoms with Crippen LogP contribution in [0.4, 0.5) is 11.4 Å². The van der Waals surface area contributed by atoms with Gasteiger partial charge >= 0.3 is 0 Å². The van der Waals surface area contributed by atoms with Crippen molar-refractivity contribution in [2.45, 2.75) is 19.8 Å². The molecule has 4 heteroatoms. The largest absolute Gasteiger partial charge is 0.356 e. The second-order valence-electron chi connectivity index (χ2n) is 5.39. The van der Waals surface area contributed by atoms with Crippen LogP contribution in [-0.2, 0) is 4.79 Å². The van der Waals surface area contributed by atoms with E-state index in [9.17, 15) is 10.1 Å². The lowest BCUT2D eigenvalue weighted by molar-refractivity contribution is -0.117. The highest BCUT2D eigenvalue weighted by Crippen LogP contribution is 2.17. The molecule has 0 radical (unpaired) electrons. The number of carbonyl (C=O) groups is 1. The van der Waals surface area contributed by atoms with Crippen molar-refractivity contribution in [2.75, 3.05) is 11.9 Å². The minimum atomic E-state index is -0.322. The molecule has 2 aromatic rings. The van der Waals surface area contributed by atoms with E-state index >= 15 is 0 Å². The van der Waals surface area contributed by atoms with Crippen LogP contribution in [0.5, 0.6) is 0 Å². The number of rotatable bonds is 7. The number of nitriles is 1. The summed E-state index contributed by atoms with van der Waals surface area (Å²) in [4.78, 5) is 11.9. The third kappa shape index (κ3) is 5.29. The molecular weight excluding hydrogens is 298 g/mol. The number of unbranched alkanes of at least 4 members (excludes halogenated alkanes) is 1. The second kappa shape index (κ2) is 9.16. The quantitative estimate of drug-likeness (QED) is 0.455. The Labute approximate surface area is 142 Å². The highest BCUT2D eigenvalue weighted by molar-refractivity contribution is 6.01. The molecule has 0 aliphatic carbocycles. The molecule has 2 aromatic carbocycles. The number of carbonyl (C=O) groups excluding carboxylic acids is 1. The fraction of sp³-hybridized carbons (Fsp3) is 0.200. The molecule has 0 aliphatic heterocycles. The summed E-state index contributed by atoms with van der Waals surface area (Å²) in [5.41, 5.74) is 2.89. The van der Waals surface area contributed by atoms with Crippen LogP contribution in [0.3, 0.4) is 0 Å². The van der Waals surface area contributed by atoms with E-state index in [1.807, 2.05) is 60.7 Å². The molecule has 0 fully saturated rings. The number of para-hydroxylation sites is 1.